The van der Waals surface area contributed by atoms with Crippen LogP contribution in [-0.4, -0.2) is 33.9 Å². The molecule has 1 fully saturated rings. The molecule has 0 radical (unpaired) electrons. The lowest BCUT2D eigenvalue weighted by atomic mass is 9.90. The van der Waals surface area contributed by atoms with Gasteiger partial charge in [0.05, 0.1) is 12.2 Å². The number of nitrogens with one attached hydrogen (secondary N) is 1. The highest BCUT2D eigenvalue weighted by Crippen LogP contribution is 2.28. The van der Waals surface area contributed by atoms with Gasteiger partial charge in [-0.25, -0.2) is 14.4 Å². The first kappa shape index (κ1) is 23.6. The highest BCUT2D eigenvalue weighted by molar-refractivity contribution is 5.98. The number of rotatable bonds is 7. The number of carbonyl (C=O) groups excluding carboxylic acids is 1. The minimum absolute atomic E-state index is 0.243. The second-order valence-corrected chi connectivity index (χ2v) is 9.06. The van der Waals surface area contributed by atoms with E-state index in [1.807, 2.05) is 24.3 Å². The smallest absolute Gasteiger partial charge is 0.256 e. The van der Waals surface area contributed by atoms with Crippen LogP contribution >= 0.6 is 0 Å². The molecule has 36 heavy (non-hydrogen) atoms. The van der Waals surface area contributed by atoms with Crippen molar-refractivity contribution in [1.82, 2.24) is 20.3 Å². The molecule has 2 aromatic carbocycles. The summed E-state index contributed by atoms with van der Waals surface area (Å²) in [6, 6.07) is 22.2. The summed E-state index contributed by atoms with van der Waals surface area (Å²) in [6.45, 7) is 1.92. The van der Waals surface area contributed by atoms with E-state index in [1.165, 1.54) is 17.7 Å². The van der Waals surface area contributed by atoms with Gasteiger partial charge in [0.1, 0.15) is 17.2 Å². The lowest BCUT2D eigenvalue weighted by molar-refractivity contribution is 0.0950. The Balaban J connectivity index is 1.36. The fourth-order valence-corrected chi connectivity index (χ4v) is 4.58. The molecule has 5 rings (SSSR count). The number of piperidine rings is 1. The number of anilines is 1. The average Bonchev–Trinajstić information content (AvgIpc) is 2.93. The summed E-state index contributed by atoms with van der Waals surface area (Å²) in [6.07, 6.45) is 6.36. The molecule has 1 N–H and O–H groups in total. The molecule has 2 aromatic heterocycles. The van der Waals surface area contributed by atoms with Gasteiger partial charge >= 0.3 is 0 Å². The second kappa shape index (κ2) is 11.1. The van der Waals surface area contributed by atoms with Crippen LogP contribution < -0.4 is 10.2 Å². The highest BCUT2D eigenvalue weighted by Gasteiger charge is 2.25. The third kappa shape index (κ3) is 5.74. The minimum atomic E-state index is -0.315. The molecule has 0 spiro atoms. The van der Waals surface area contributed by atoms with Gasteiger partial charge in [0, 0.05) is 31.0 Å². The van der Waals surface area contributed by atoms with E-state index in [-0.39, 0.29) is 11.7 Å². The first-order valence-electron chi connectivity index (χ1n) is 12.3. The molecule has 0 atom stereocenters. The standard InChI is InChI=1S/C29H28FN5O/c30-24-11-9-23(10-12-24)27-32-20-26(29(36)33-19-25-8-4-5-15-31-25)28(34-27)35-16-13-22(14-17-35)18-21-6-2-1-3-7-21/h1-12,15,20,22H,13-14,16-19H2,(H,33,36). The fraction of sp³-hybridized carbons (Fsp3) is 0.241. The van der Waals surface area contributed by atoms with Crippen molar-refractivity contribution in [2.75, 3.05) is 18.0 Å². The van der Waals surface area contributed by atoms with Crippen molar-refractivity contribution in [3.8, 4) is 11.4 Å². The van der Waals surface area contributed by atoms with E-state index in [2.05, 4.69) is 44.5 Å². The minimum Gasteiger partial charge on any atom is -0.356 e. The van der Waals surface area contributed by atoms with E-state index >= 15 is 0 Å². The number of nitrogens with zero attached hydrogens (tertiary/aromatic N) is 4. The van der Waals surface area contributed by atoms with Crippen LogP contribution in [0.3, 0.4) is 0 Å². The van der Waals surface area contributed by atoms with Crippen LogP contribution in [0, 0.1) is 11.7 Å². The molecule has 1 amide bonds. The van der Waals surface area contributed by atoms with E-state index in [0.29, 0.717) is 35.2 Å². The van der Waals surface area contributed by atoms with Gasteiger partial charge in [-0.1, -0.05) is 36.4 Å². The van der Waals surface area contributed by atoms with Crippen molar-refractivity contribution >= 4 is 11.7 Å². The average molecular weight is 482 g/mol. The van der Waals surface area contributed by atoms with Crippen LogP contribution in [0.2, 0.25) is 0 Å². The first-order valence-corrected chi connectivity index (χ1v) is 12.3. The Morgan fingerprint density at radius 3 is 2.42 bits per heavy atom. The Bertz CT molecular complexity index is 1290. The number of carbonyl (C=O) groups is 1. The number of hydrogen-bond donors (Lipinski definition) is 1. The molecular formula is C29H28FN5O. The molecule has 6 nitrogen and oxygen atoms in total. The quantitative estimate of drug-likeness (QED) is 0.399. The summed E-state index contributed by atoms with van der Waals surface area (Å²) >= 11 is 0. The van der Waals surface area contributed by atoms with E-state index < -0.39 is 0 Å². The van der Waals surface area contributed by atoms with Crippen LogP contribution in [-0.2, 0) is 13.0 Å². The Morgan fingerprint density at radius 1 is 0.944 bits per heavy atom. The molecule has 7 heteroatoms. The Labute approximate surface area is 210 Å². The normalized spacial score (nSPS) is 14.0. The molecule has 1 saturated heterocycles. The summed E-state index contributed by atoms with van der Waals surface area (Å²) in [7, 11) is 0. The number of aromatic nitrogens is 3. The van der Waals surface area contributed by atoms with Crippen LogP contribution in [0.1, 0.15) is 34.5 Å². The topological polar surface area (TPSA) is 71.0 Å². The largest absolute Gasteiger partial charge is 0.356 e. The maximum absolute atomic E-state index is 13.5. The third-order valence-electron chi connectivity index (χ3n) is 6.55. The SMILES string of the molecule is O=C(NCc1ccccn1)c1cnc(-c2ccc(F)cc2)nc1N1CCC(Cc2ccccc2)CC1. The zero-order valence-corrected chi connectivity index (χ0v) is 20.0. The van der Waals surface area contributed by atoms with Crippen molar-refractivity contribution in [3.05, 3.63) is 108 Å². The number of hydrogen-bond acceptors (Lipinski definition) is 5. The maximum atomic E-state index is 13.5. The maximum Gasteiger partial charge on any atom is 0.256 e. The zero-order chi connectivity index (χ0) is 24.7. The molecule has 0 unspecified atom stereocenters. The van der Waals surface area contributed by atoms with Crippen molar-refractivity contribution in [1.29, 1.82) is 0 Å². The molecule has 0 saturated carbocycles. The van der Waals surface area contributed by atoms with Gasteiger partial charge in [0.2, 0.25) is 0 Å². The van der Waals surface area contributed by atoms with Crippen molar-refractivity contribution in [3.63, 3.8) is 0 Å². The van der Waals surface area contributed by atoms with Gasteiger partial charge in [-0.15, -0.1) is 0 Å². The lowest BCUT2D eigenvalue weighted by Crippen LogP contribution is -2.37. The second-order valence-electron chi connectivity index (χ2n) is 9.06. The van der Waals surface area contributed by atoms with Gasteiger partial charge in [-0.05, 0) is 67.1 Å². The monoisotopic (exact) mass is 481 g/mol. The molecule has 1 aliphatic heterocycles. The molecule has 1 aliphatic rings. The van der Waals surface area contributed by atoms with Crippen molar-refractivity contribution in [2.45, 2.75) is 25.8 Å². The predicted molar refractivity (Wildman–Crippen MR) is 138 cm³/mol. The number of amides is 1. The Kier molecular flexibility index (Phi) is 7.26. The summed E-state index contributed by atoms with van der Waals surface area (Å²) in [5, 5.41) is 2.95. The first-order chi connectivity index (χ1) is 17.7. The number of pyridine rings is 1. The summed E-state index contributed by atoms with van der Waals surface area (Å²) < 4.78 is 13.5. The van der Waals surface area contributed by atoms with Crippen molar-refractivity contribution < 1.29 is 9.18 Å². The molecule has 3 heterocycles. The molecular weight excluding hydrogens is 453 g/mol. The summed E-state index contributed by atoms with van der Waals surface area (Å²) in [5.74, 6) is 1.11. The van der Waals surface area contributed by atoms with E-state index in [1.54, 1.807) is 24.5 Å². The fourth-order valence-electron chi connectivity index (χ4n) is 4.58. The Hall–Kier alpha value is -4.13. The van der Waals surface area contributed by atoms with Gasteiger partial charge in [-0.3, -0.25) is 9.78 Å². The number of halogens is 1. The predicted octanol–water partition coefficient (Wildman–Crippen LogP) is 5.07. The molecule has 4 aromatic rings. The molecule has 0 aliphatic carbocycles. The molecule has 182 valence electrons. The van der Waals surface area contributed by atoms with Crippen LogP contribution in [0.15, 0.2) is 85.2 Å². The Morgan fingerprint density at radius 2 is 1.69 bits per heavy atom. The van der Waals surface area contributed by atoms with Crippen LogP contribution in [0.25, 0.3) is 11.4 Å². The van der Waals surface area contributed by atoms with Gasteiger partial charge in [0.15, 0.2) is 5.82 Å². The molecule has 0 bridgehead atoms. The zero-order valence-electron chi connectivity index (χ0n) is 20.0. The lowest BCUT2D eigenvalue weighted by Gasteiger charge is -2.34. The third-order valence-corrected chi connectivity index (χ3v) is 6.55. The summed E-state index contributed by atoms with van der Waals surface area (Å²) in [5.41, 5.74) is 3.26. The summed E-state index contributed by atoms with van der Waals surface area (Å²) in [4.78, 5) is 28.9. The van der Waals surface area contributed by atoms with Crippen LogP contribution in [0.5, 0.6) is 0 Å². The van der Waals surface area contributed by atoms with E-state index in [9.17, 15) is 9.18 Å². The van der Waals surface area contributed by atoms with E-state index in [0.717, 1.165) is 38.0 Å². The van der Waals surface area contributed by atoms with Gasteiger partial charge in [0.25, 0.3) is 5.91 Å². The number of benzene rings is 2. The highest BCUT2D eigenvalue weighted by atomic mass is 19.1. The van der Waals surface area contributed by atoms with Crippen LogP contribution in [0.4, 0.5) is 10.2 Å². The van der Waals surface area contributed by atoms with Gasteiger partial charge < -0.3 is 10.2 Å². The van der Waals surface area contributed by atoms with Gasteiger partial charge in [-0.2, -0.15) is 0 Å². The van der Waals surface area contributed by atoms with Crippen molar-refractivity contribution in [2.24, 2.45) is 5.92 Å². The van der Waals surface area contributed by atoms with E-state index in [4.69, 9.17) is 4.98 Å².